The molecule has 0 saturated carbocycles. The van der Waals surface area contributed by atoms with Gasteiger partial charge in [0.15, 0.2) is 0 Å². The molecule has 0 aliphatic carbocycles. The van der Waals surface area contributed by atoms with E-state index < -0.39 is 0 Å². The smallest absolute Gasteiger partial charge is 0.258 e. The predicted molar refractivity (Wildman–Crippen MR) is 60.1 cm³/mol. The molecule has 0 amide bonds. The van der Waals surface area contributed by atoms with Crippen molar-refractivity contribution in [3.8, 4) is 0 Å². The van der Waals surface area contributed by atoms with Gasteiger partial charge in [-0.05, 0) is 19.4 Å². The lowest BCUT2D eigenvalue weighted by Crippen LogP contribution is -2.06. The van der Waals surface area contributed by atoms with E-state index in [0.717, 1.165) is 5.56 Å². The Morgan fingerprint density at radius 1 is 1.46 bits per heavy atom. The monoisotopic (exact) mass is 291 g/mol. The summed E-state index contributed by atoms with van der Waals surface area (Å²) in [5, 5.41) is 10.5. The quantitative estimate of drug-likeness (QED) is 0.363. The second-order valence-electron chi connectivity index (χ2n) is 3.28. The average Bonchev–Trinajstić information content (AvgIpc) is 2.03. The van der Waals surface area contributed by atoms with Crippen molar-refractivity contribution in [1.29, 1.82) is 0 Å². The topological polar surface area (TPSA) is 43.1 Å². The minimum Gasteiger partial charge on any atom is -0.258 e. The Kier molecular flexibility index (Phi) is 2.90. The Morgan fingerprint density at radius 3 is 2.54 bits per heavy atom. The number of non-ortho nitro benzene ring substituents is 1. The van der Waals surface area contributed by atoms with Crippen molar-refractivity contribution in [2.24, 2.45) is 0 Å². The number of nitro groups is 1. The number of nitrogens with zero attached hydrogens (tertiary/aromatic N) is 1. The first-order valence-electron chi connectivity index (χ1n) is 3.85. The first kappa shape index (κ1) is 10.4. The molecule has 0 unspecified atom stereocenters. The van der Waals surface area contributed by atoms with E-state index in [0.29, 0.717) is 0 Å². The van der Waals surface area contributed by atoms with E-state index >= 15 is 0 Å². The molecule has 0 saturated heterocycles. The highest BCUT2D eigenvalue weighted by molar-refractivity contribution is 14.1. The zero-order chi connectivity index (χ0) is 10.1. The van der Waals surface area contributed by atoms with Crippen molar-refractivity contribution < 1.29 is 4.92 Å². The van der Waals surface area contributed by atoms with E-state index in [-0.39, 0.29) is 14.0 Å². The molecule has 1 aromatic carbocycles. The van der Waals surface area contributed by atoms with E-state index in [4.69, 9.17) is 0 Å². The van der Waals surface area contributed by atoms with Crippen LogP contribution in [0, 0.1) is 10.1 Å². The fraction of sp³-hybridized carbons (Fsp3) is 0.333. The van der Waals surface area contributed by atoms with E-state index in [1.807, 2.05) is 19.9 Å². The number of hydrogen-bond donors (Lipinski definition) is 0. The van der Waals surface area contributed by atoms with Gasteiger partial charge in [-0.2, -0.15) is 0 Å². The van der Waals surface area contributed by atoms with E-state index in [9.17, 15) is 10.1 Å². The first-order valence-corrected chi connectivity index (χ1v) is 4.93. The predicted octanol–water partition coefficient (Wildman–Crippen LogP) is 3.26. The Balaban J connectivity index is 3.13. The van der Waals surface area contributed by atoms with Crippen molar-refractivity contribution >= 4 is 28.3 Å². The summed E-state index contributed by atoms with van der Waals surface area (Å²) in [7, 11) is 0. The van der Waals surface area contributed by atoms with E-state index in [1.165, 1.54) is 6.07 Å². The van der Waals surface area contributed by atoms with Gasteiger partial charge in [0, 0.05) is 15.6 Å². The maximum Gasteiger partial charge on any atom is 0.269 e. The van der Waals surface area contributed by atoms with Crippen LogP contribution in [0.15, 0.2) is 24.3 Å². The molecule has 70 valence electrons. The Bertz CT molecular complexity index is 331. The van der Waals surface area contributed by atoms with Gasteiger partial charge in [-0.15, -0.1) is 0 Å². The fourth-order valence-electron chi connectivity index (χ4n) is 0.989. The van der Waals surface area contributed by atoms with Crippen LogP contribution >= 0.6 is 22.6 Å². The third kappa shape index (κ3) is 2.65. The molecule has 0 N–H and O–H groups in total. The van der Waals surface area contributed by atoms with Crippen LogP contribution in [-0.4, -0.2) is 4.92 Å². The Hall–Kier alpha value is -0.650. The lowest BCUT2D eigenvalue weighted by molar-refractivity contribution is -0.384. The highest BCUT2D eigenvalue weighted by Crippen LogP contribution is 2.32. The third-order valence-corrected chi connectivity index (χ3v) is 2.37. The molecular formula is C9H10INO2. The lowest BCUT2D eigenvalue weighted by atomic mass is 10.0. The summed E-state index contributed by atoms with van der Waals surface area (Å²) >= 11 is 2.26. The standard InChI is InChI=1S/C9H10INO2/c1-9(2,10)7-4-3-5-8(6-7)11(12)13/h3-6H,1-2H3. The molecule has 0 spiro atoms. The number of halogens is 1. The molecular weight excluding hydrogens is 281 g/mol. The molecule has 3 nitrogen and oxygen atoms in total. The summed E-state index contributed by atoms with van der Waals surface area (Å²) in [6.45, 7) is 4.04. The van der Waals surface area contributed by atoms with Gasteiger partial charge >= 0.3 is 0 Å². The minimum absolute atomic E-state index is 0.0657. The highest BCUT2D eigenvalue weighted by Gasteiger charge is 2.18. The molecule has 4 heteroatoms. The number of nitro benzene ring substituents is 1. The van der Waals surface area contributed by atoms with Crippen LogP contribution in [0.2, 0.25) is 0 Å². The van der Waals surface area contributed by atoms with Crippen molar-refractivity contribution in [3.63, 3.8) is 0 Å². The average molecular weight is 291 g/mol. The molecule has 0 aromatic heterocycles. The molecule has 0 fully saturated rings. The van der Waals surface area contributed by atoms with Gasteiger partial charge < -0.3 is 0 Å². The molecule has 13 heavy (non-hydrogen) atoms. The van der Waals surface area contributed by atoms with Crippen LogP contribution in [0.5, 0.6) is 0 Å². The van der Waals surface area contributed by atoms with Gasteiger partial charge in [0.25, 0.3) is 5.69 Å². The van der Waals surface area contributed by atoms with E-state index in [2.05, 4.69) is 22.6 Å². The SMILES string of the molecule is CC(C)(I)c1cccc([N+](=O)[O-])c1. The maximum atomic E-state index is 10.5. The highest BCUT2D eigenvalue weighted by atomic mass is 127. The lowest BCUT2D eigenvalue weighted by Gasteiger charge is -2.15. The molecule has 0 atom stereocenters. The number of hydrogen-bond acceptors (Lipinski definition) is 2. The van der Waals surface area contributed by atoms with Crippen molar-refractivity contribution in [2.75, 3.05) is 0 Å². The minimum atomic E-state index is -0.369. The Labute approximate surface area is 90.4 Å². The molecule has 0 aliphatic rings. The summed E-state index contributed by atoms with van der Waals surface area (Å²) in [5.41, 5.74) is 1.13. The van der Waals surface area contributed by atoms with Crippen LogP contribution in [-0.2, 0) is 3.42 Å². The second kappa shape index (κ2) is 3.61. The third-order valence-electron chi connectivity index (χ3n) is 1.74. The summed E-state index contributed by atoms with van der Waals surface area (Å²) in [6, 6.07) is 6.74. The first-order chi connectivity index (χ1) is 5.91. The normalized spacial score (nSPS) is 11.3. The summed E-state index contributed by atoms with van der Waals surface area (Å²) in [4.78, 5) is 10.1. The maximum absolute atomic E-state index is 10.5. The fourth-order valence-corrected chi connectivity index (χ4v) is 1.32. The van der Waals surface area contributed by atoms with Crippen LogP contribution in [0.1, 0.15) is 19.4 Å². The largest absolute Gasteiger partial charge is 0.269 e. The number of alkyl halides is 1. The van der Waals surface area contributed by atoms with Gasteiger partial charge in [0.2, 0.25) is 0 Å². The molecule has 0 radical (unpaired) electrons. The molecule has 0 aliphatic heterocycles. The summed E-state index contributed by atoms with van der Waals surface area (Å²) < 4.78 is -0.0657. The van der Waals surface area contributed by atoms with Crippen LogP contribution in [0.25, 0.3) is 0 Å². The Morgan fingerprint density at radius 2 is 2.08 bits per heavy atom. The van der Waals surface area contributed by atoms with Crippen molar-refractivity contribution in [1.82, 2.24) is 0 Å². The van der Waals surface area contributed by atoms with Crippen molar-refractivity contribution in [3.05, 3.63) is 39.9 Å². The molecule has 0 heterocycles. The zero-order valence-electron chi connectivity index (χ0n) is 7.45. The molecule has 1 aromatic rings. The van der Waals surface area contributed by atoms with Gasteiger partial charge in [-0.3, -0.25) is 10.1 Å². The van der Waals surface area contributed by atoms with Crippen LogP contribution in [0.3, 0.4) is 0 Å². The van der Waals surface area contributed by atoms with Crippen LogP contribution < -0.4 is 0 Å². The van der Waals surface area contributed by atoms with Gasteiger partial charge in [-0.25, -0.2) is 0 Å². The van der Waals surface area contributed by atoms with Gasteiger partial charge in [-0.1, -0.05) is 34.7 Å². The molecule has 0 bridgehead atoms. The van der Waals surface area contributed by atoms with Crippen LogP contribution in [0.4, 0.5) is 5.69 Å². The summed E-state index contributed by atoms with van der Waals surface area (Å²) in [6.07, 6.45) is 0. The number of rotatable bonds is 2. The van der Waals surface area contributed by atoms with Crippen molar-refractivity contribution in [2.45, 2.75) is 17.3 Å². The molecule has 1 rings (SSSR count). The van der Waals surface area contributed by atoms with Gasteiger partial charge in [0.05, 0.1) is 4.92 Å². The number of benzene rings is 1. The second-order valence-corrected chi connectivity index (χ2v) is 5.98. The van der Waals surface area contributed by atoms with E-state index in [1.54, 1.807) is 12.1 Å². The summed E-state index contributed by atoms with van der Waals surface area (Å²) in [5.74, 6) is 0. The van der Waals surface area contributed by atoms with Gasteiger partial charge in [0.1, 0.15) is 0 Å². The zero-order valence-corrected chi connectivity index (χ0v) is 9.61.